The third-order valence-corrected chi connectivity index (χ3v) is 2.53. The molecule has 5 heteroatoms. The van der Waals surface area contributed by atoms with E-state index in [0.29, 0.717) is 18.3 Å². The zero-order chi connectivity index (χ0) is 13.0. The molecule has 0 fully saturated rings. The van der Waals surface area contributed by atoms with Gasteiger partial charge in [-0.15, -0.1) is 0 Å². The Kier molecular flexibility index (Phi) is 4.43. The Bertz CT molecular complexity index is 405. The van der Waals surface area contributed by atoms with Crippen molar-refractivity contribution in [3.63, 3.8) is 0 Å². The molecule has 0 spiro atoms. The zero-order valence-electron chi connectivity index (χ0n) is 10.7. The van der Waals surface area contributed by atoms with Crippen LogP contribution in [0.3, 0.4) is 0 Å². The Labute approximate surface area is 101 Å². The molecule has 5 nitrogen and oxygen atoms in total. The van der Waals surface area contributed by atoms with E-state index in [4.69, 9.17) is 5.11 Å². The molecule has 1 aromatic rings. The van der Waals surface area contributed by atoms with Crippen LogP contribution in [0.15, 0.2) is 6.20 Å². The highest BCUT2D eigenvalue weighted by Gasteiger charge is 2.19. The minimum absolute atomic E-state index is 0.301. The van der Waals surface area contributed by atoms with Crippen LogP contribution < -0.4 is 5.32 Å². The number of hydrogen-bond acceptors (Lipinski definition) is 4. The van der Waals surface area contributed by atoms with Crippen molar-refractivity contribution in [2.75, 3.05) is 5.32 Å². The molecule has 1 aromatic heterocycles. The predicted octanol–water partition coefficient (Wildman–Crippen LogP) is 2.00. The number of carboxylic acids is 1. The van der Waals surface area contributed by atoms with Crippen molar-refractivity contribution in [2.24, 2.45) is 5.92 Å². The van der Waals surface area contributed by atoms with Gasteiger partial charge >= 0.3 is 5.97 Å². The van der Waals surface area contributed by atoms with E-state index < -0.39 is 12.0 Å². The number of rotatable bonds is 5. The number of hydrogen-bond donors (Lipinski definition) is 2. The molecule has 0 amide bonds. The summed E-state index contributed by atoms with van der Waals surface area (Å²) >= 11 is 0. The molecule has 0 radical (unpaired) electrons. The Hall–Kier alpha value is -1.65. The van der Waals surface area contributed by atoms with Crippen LogP contribution in [0.4, 0.5) is 5.95 Å². The molecular weight excluding hydrogens is 218 g/mol. The standard InChI is InChI=1S/C12H19N3O2/c1-7(2)5-10(11(16)17)15-12-13-6-8(3)9(4)14-12/h6-7,10H,5H2,1-4H3,(H,16,17)(H,13,14,15). The Morgan fingerprint density at radius 2 is 2.12 bits per heavy atom. The normalized spacial score (nSPS) is 12.5. The lowest BCUT2D eigenvalue weighted by atomic mass is 10.0. The third kappa shape index (κ3) is 4.01. The van der Waals surface area contributed by atoms with Gasteiger partial charge in [0.2, 0.25) is 5.95 Å². The third-order valence-electron chi connectivity index (χ3n) is 2.53. The van der Waals surface area contributed by atoms with Crippen molar-refractivity contribution < 1.29 is 9.90 Å². The second-order valence-corrected chi connectivity index (χ2v) is 4.63. The first-order valence-electron chi connectivity index (χ1n) is 5.69. The molecule has 17 heavy (non-hydrogen) atoms. The second-order valence-electron chi connectivity index (χ2n) is 4.63. The molecule has 1 rings (SSSR count). The molecule has 0 aliphatic rings. The average molecular weight is 237 g/mol. The van der Waals surface area contributed by atoms with Gasteiger partial charge in [-0.2, -0.15) is 0 Å². The summed E-state index contributed by atoms with van der Waals surface area (Å²) in [6, 6.07) is -0.642. The molecule has 0 bridgehead atoms. The van der Waals surface area contributed by atoms with E-state index in [1.54, 1.807) is 6.20 Å². The van der Waals surface area contributed by atoms with Gasteiger partial charge in [-0.05, 0) is 31.7 Å². The van der Waals surface area contributed by atoms with E-state index in [9.17, 15) is 4.79 Å². The highest BCUT2D eigenvalue weighted by molar-refractivity contribution is 5.76. The van der Waals surface area contributed by atoms with Crippen LogP contribution >= 0.6 is 0 Å². The van der Waals surface area contributed by atoms with Crippen LogP contribution in [-0.2, 0) is 4.79 Å². The topological polar surface area (TPSA) is 75.1 Å². The van der Waals surface area contributed by atoms with Crippen LogP contribution in [0, 0.1) is 19.8 Å². The summed E-state index contributed by atoms with van der Waals surface area (Å²) in [6.07, 6.45) is 2.24. The number of carbonyl (C=O) groups is 1. The summed E-state index contributed by atoms with van der Waals surface area (Å²) in [4.78, 5) is 19.4. The Morgan fingerprint density at radius 3 is 2.59 bits per heavy atom. The van der Waals surface area contributed by atoms with Crippen molar-refractivity contribution in [2.45, 2.75) is 40.2 Å². The predicted molar refractivity (Wildman–Crippen MR) is 66.0 cm³/mol. The second kappa shape index (κ2) is 5.61. The van der Waals surface area contributed by atoms with Gasteiger partial charge in [0, 0.05) is 11.9 Å². The lowest BCUT2D eigenvalue weighted by molar-refractivity contribution is -0.138. The molecule has 0 saturated heterocycles. The van der Waals surface area contributed by atoms with Crippen LogP contribution in [0.1, 0.15) is 31.5 Å². The highest BCUT2D eigenvalue weighted by atomic mass is 16.4. The summed E-state index contributed by atoms with van der Waals surface area (Å²) in [7, 11) is 0. The fourth-order valence-electron chi connectivity index (χ4n) is 1.45. The van der Waals surface area contributed by atoms with E-state index in [1.807, 2.05) is 27.7 Å². The lowest BCUT2D eigenvalue weighted by Gasteiger charge is -2.16. The number of aliphatic carboxylic acids is 1. The molecule has 0 aromatic carbocycles. The molecule has 1 heterocycles. The minimum atomic E-state index is -0.875. The monoisotopic (exact) mass is 237 g/mol. The fraction of sp³-hybridized carbons (Fsp3) is 0.583. The average Bonchev–Trinajstić information content (AvgIpc) is 2.21. The quantitative estimate of drug-likeness (QED) is 0.819. The molecular formula is C12H19N3O2. The summed E-state index contributed by atoms with van der Waals surface area (Å²) in [6.45, 7) is 7.76. The summed E-state index contributed by atoms with van der Waals surface area (Å²) in [5.74, 6) is -0.197. The molecule has 2 N–H and O–H groups in total. The van der Waals surface area contributed by atoms with Crippen molar-refractivity contribution in [3.05, 3.63) is 17.5 Å². The Morgan fingerprint density at radius 1 is 1.47 bits per heavy atom. The molecule has 1 unspecified atom stereocenters. The number of aryl methyl sites for hydroxylation is 2. The summed E-state index contributed by atoms with van der Waals surface area (Å²) in [5, 5.41) is 11.9. The maximum Gasteiger partial charge on any atom is 0.326 e. The Balaban J connectivity index is 2.78. The number of aromatic nitrogens is 2. The van der Waals surface area contributed by atoms with Crippen LogP contribution in [0.5, 0.6) is 0 Å². The van der Waals surface area contributed by atoms with Crippen molar-refractivity contribution in [1.82, 2.24) is 9.97 Å². The van der Waals surface area contributed by atoms with Gasteiger partial charge in [-0.25, -0.2) is 14.8 Å². The smallest absolute Gasteiger partial charge is 0.326 e. The minimum Gasteiger partial charge on any atom is -0.480 e. The number of anilines is 1. The van der Waals surface area contributed by atoms with E-state index in [1.165, 1.54) is 0 Å². The molecule has 1 atom stereocenters. The van der Waals surface area contributed by atoms with E-state index >= 15 is 0 Å². The first-order valence-corrected chi connectivity index (χ1v) is 5.69. The van der Waals surface area contributed by atoms with Gasteiger partial charge in [0.15, 0.2) is 0 Å². The lowest BCUT2D eigenvalue weighted by Crippen LogP contribution is -2.31. The first kappa shape index (κ1) is 13.4. The van der Waals surface area contributed by atoms with Gasteiger partial charge < -0.3 is 10.4 Å². The SMILES string of the molecule is Cc1cnc(NC(CC(C)C)C(=O)O)nc1C. The maximum atomic E-state index is 11.1. The van der Waals surface area contributed by atoms with Crippen LogP contribution in [0.2, 0.25) is 0 Å². The van der Waals surface area contributed by atoms with Crippen LogP contribution in [-0.4, -0.2) is 27.1 Å². The maximum absolute atomic E-state index is 11.1. The number of nitrogens with zero attached hydrogens (tertiary/aromatic N) is 2. The zero-order valence-corrected chi connectivity index (χ0v) is 10.7. The van der Waals surface area contributed by atoms with Gasteiger partial charge in [0.05, 0.1) is 0 Å². The summed E-state index contributed by atoms with van der Waals surface area (Å²) < 4.78 is 0. The molecule has 0 aliphatic heterocycles. The number of nitrogens with one attached hydrogen (secondary N) is 1. The first-order chi connectivity index (χ1) is 7.90. The van der Waals surface area contributed by atoms with Crippen molar-refractivity contribution >= 4 is 11.9 Å². The molecule has 0 saturated carbocycles. The van der Waals surface area contributed by atoms with Gasteiger partial charge in [0.1, 0.15) is 6.04 Å². The van der Waals surface area contributed by atoms with Gasteiger partial charge in [-0.1, -0.05) is 13.8 Å². The largest absolute Gasteiger partial charge is 0.480 e. The summed E-state index contributed by atoms with van der Waals surface area (Å²) in [5.41, 5.74) is 1.85. The van der Waals surface area contributed by atoms with Crippen molar-refractivity contribution in [1.29, 1.82) is 0 Å². The molecule has 94 valence electrons. The molecule has 0 aliphatic carbocycles. The van der Waals surface area contributed by atoms with Crippen molar-refractivity contribution in [3.8, 4) is 0 Å². The fourth-order valence-corrected chi connectivity index (χ4v) is 1.45. The van der Waals surface area contributed by atoms with E-state index in [2.05, 4.69) is 15.3 Å². The van der Waals surface area contributed by atoms with E-state index in [0.717, 1.165) is 11.3 Å². The van der Waals surface area contributed by atoms with Crippen LogP contribution in [0.25, 0.3) is 0 Å². The van der Waals surface area contributed by atoms with Gasteiger partial charge in [-0.3, -0.25) is 0 Å². The van der Waals surface area contributed by atoms with E-state index in [-0.39, 0.29) is 0 Å². The van der Waals surface area contributed by atoms with Gasteiger partial charge in [0.25, 0.3) is 0 Å². The highest BCUT2D eigenvalue weighted by Crippen LogP contribution is 2.11. The number of carboxylic acid groups (broad SMARTS) is 1.